The first-order chi connectivity index (χ1) is 13.6. The van der Waals surface area contributed by atoms with Gasteiger partial charge in [-0.1, -0.05) is 6.07 Å². The number of hydrogen-bond donors (Lipinski definition) is 1. The lowest BCUT2D eigenvalue weighted by Crippen LogP contribution is -2.29. The quantitative estimate of drug-likeness (QED) is 0.678. The summed E-state index contributed by atoms with van der Waals surface area (Å²) in [5, 5.41) is 3.29. The van der Waals surface area contributed by atoms with Crippen LogP contribution < -0.4 is 10.1 Å². The minimum absolute atomic E-state index is 0.103. The summed E-state index contributed by atoms with van der Waals surface area (Å²) in [6.07, 6.45) is 5.95. The van der Waals surface area contributed by atoms with Crippen LogP contribution in [0.1, 0.15) is 21.6 Å². The summed E-state index contributed by atoms with van der Waals surface area (Å²) in [6.45, 7) is 2.64. The van der Waals surface area contributed by atoms with Gasteiger partial charge in [-0.25, -0.2) is 4.98 Å². The molecule has 6 nitrogen and oxygen atoms in total. The van der Waals surface area contributed by atoms with Crippen LogP contribution in [-0.4, -0.2) is 41.5 Å². The third kappa shape index (κ3) is 4.85. The van der Waals surface area contributed by atoms with Crippen molar-refractivity contribution in [2.24, 2.45) is 0 Å². The number of anilines is 2. The number of pyridine rings is 2. The minimum Gasteiger partial charge on any atom is -0.495 e. The number of benzene rings is 1. The molecule has 1 amide bonds. The van der Waals surface area contributed by atoms with E-state index in [9.17, 15) is 4.79 Å². The number of aryl methyl sites for hydroxylation is 1. The summed E-state index contributed by atoms with van der Waals surface area (Å²) >= 11 is 0. The Morgan fingerprint density at radius 3 is 2.61 bits per heavy atom. The van der Waals surface area contributed by atoms with E-state index in [0.717, 1.165) is 34.7 Å². The largest absolute Gasteiger partial charge is 0.495 e. The number of nitrogens with zero attached hydrogens (tertiary/aromatic N) is 3. The van der Waals surface area contributed by atoms with Crippen molar-refractivity contribution >= 4 is 17.3 Å². The van der Waals surface area contributed by atoms with Crippen LogP contribution in [0.4, 0.5) is 11.4 Å². The number of methoxy groups -OCH3 is 1. The number of ether oxygens (including phenoxy) is 1. The van der Waals surface area contributed by atoms with Gasteiger partial charge in [-0.15, -0.1) is 0 Å². The van der Waals surface area contributed by atoms with Gasteiger partial charge in [0.25, 0.3) is 5.91 Å². The maximum Gasteiger partial charge on any atom is 0.272 e. The molecule has 0 radical (unpaired) electrons. The number of amides is 1. The lowest BCUT2D eigenvalue weighted by atomic mass is 10.2. The highest BCUT2D eigenvalue weighted by Gasteiger charge is 2.13. The highest BCUT2D eigenvalue weighted by molar-refractivity contribution is 5.92. The Hall–Kier alpha value is -3.41. The standard InChI is InChI=1S/C22H24N4O2/c1-16-4-7-21(28-3)20(14-16)25-18-5-6-19(24-15-18)22(27)26(2)13-10-17-8-11-23-12-9-17/h4-9,11-12,14-15,25H,10,13H2,1-3H3. The predicted molar refractivity (Wildman–Crippen MR) is 110 cm³/mol. The van der Waals surface area contributed by atoms with Crippen LogP contribution in [-0.2, 0) is 6.42 Å². The van der Waals surface area contributed by atoms with E-state index < -0.39 is 0 Å². The van der Waals surface area contributed by atoms with Gasteiger partial charge < -0.3 is 15.0 Å². The van der Waals surface area contributed by atoms with Gasteiger partial charge in [0, 0.05) is 26.0 Å². The summed E-state index contributed by atoms with van der Waals surface area (Å²) in [7, 11) is 3.42. The van der Waals surface area contributed by atoms with Crippen molar-refractivity contribution in [3.63, 3.8) is 0 Å². The lowest BCUT2D eigenvalue weighted by molar-refractivity contribution is 0.0791. The summed E-state index contributed by atoms with van der Waals surface area (Å²) in [5.41, 5.74) is 4.34. The van der Waals surface area contributed by atoms with Gasteiger partial charge in [0.15, 0.2) is 0 Å². The number of hydrogen-bond acceptors (Lipinski definition) is 5. The Labute approximate surface area is 165 Å². The van der Waals surface area contributed by atoms with Crippen LogP contribution in [0.5, 0.6) is 5.75 Å². The average Bonchev–Trinajstić information content (AvgIpc) is 2.73. The zero-order chi connectivity index (χ0) is 19.9. The maximum atomic E-state index is 12.6. The molecule has 0 saturated carbocycles. The van der Waals surface area contributed by atoms with E-state index in [1.165, 1.54) is 0 Å². The zero-order valence-corrected chi connectivity index (χ0v) is 16.3. The lowest BCUT2D eigenvalue weighted by Gasteiger charge is -2.17. The first kappa shape index (κ1) is 19.4. The second-order valence-electron chi connectivity index (χ2n) is 6.59. The molecule has 0 spiro atoms. The van der Waals surface area contributed by atoms with Gasteiger partial charge in [0.1, 0.15) is 11.4 Å². The Bertz CT molecular complexity index is 927. The first-order valence-corrected chi connectivity index (χ1v) is 9.09. The number of rotatable bonds is 7. The number of carbonyl (C=O) groups excluding carboxylic acids is 1. The molecule has 0 aliphatic rings. The Kier molecular flexibility index (Phi) is 6.22. The SMILES string of the molecule is COc1ccc(C)cc1Nc1ccc(C(=O)N(C)CCc2ccncc2)nc1. The van der Waals surface area contributed by atoms with Crippen LogP contribution in [0.15, 0.2) is 61.1 Å². The summed E-state index contributed by atoms with van der Waals surface area (Å²) in [6, 6.07) is 13.4. The molecular formula is C22H24N4O2. The van der Waals surface area contributed by atoms with Crippen LogP contribution in [0.2, 0.25) is 0 Å². The third-order valence-corrected chi connectivity index (χ3v) is 4.45. The van der Waals surface area contributed by atoms with Crippen LogP contribution in [0, 0.1) is 6.92 Å². The zero-order valence-electron chi connectivity index (χ0n) is 16.3. The molecule has 144 valence electrons. The van der Waals surface area contributed by atoms with Crippen LogP contribution in [0.3, 0.4) is 0 Å². The smallest absolute Gasteiger partial charge is 0.272 e. The molecule has 1 N–H and O–H groups in total. The topological polar surface area (TPSA) is 67.3 Å². The molecule has 0 bridgehead atoms. The van der Waals surface area contributed by atoms with E-state index in [1.54, 1.807) is 43.7 Å². The molecule has 0 fully saturated rings. The Morgan fingerprint density at radius 2 is 1.93 bits per heavy atom. The third-order valence-electron chi connectivity index (χ3n) is 4.45. The summed E-state index contributed by atoms with van der Waals surface area (Å²) in [4.78, 5) is 22.6. The second-order valence-corrected chi connectivity index (χ2v) is 6.59. The van der Waals surface area contributed by atoms with Crippen LogP contribution >= 0.6 is 0 Å². The fourth-order valence-corrected chi connectivity index (χ4v) is 2.81. The van der Waals surface area contributed by atoms with E-state index in [2.05, 4.69) is 15.3 Å². The van der Waals surface area contributed by atoms with Gasteiger partial charge >= 0.3 is 0 Å². The van der Waals surface area contributed by atoms with Crippen LogP contribution in [0.25, 0.3) is 0 Å². The van der Waals surface area contributed by atoms with E-state index in [1.807, 2.05) is 43.3 Å². The second kappa shape index (κ2) is 8.99. The molecule has 2 heterocycles. The van der Waals surface area contributed by atoms with Gasteiger partial charge in [-0.3, -0.25) is 9.78 Å². The number of likely N-dealkylation sites (N-methyl/N-ethyl adjacent to an activating group) is 1. The number of carbonyl (C=O) groups is 1. The molecule has 0 unspecified atom stereocenters. The molecule has 0 aliphatic heterocycles. The van der Waals surface area contributed by atoms with Gasteiger partial charge in [-0.2, -0.15) is 0 Å². The van der Waals surface area contributed by atoms with Crippen molar-refractivity contribution in [2.75, 3.05) is 26.0 Å². The molecule has 3 aromatic rings. The van der Waals surface area contributed by atoms with E-state index >= 15 is 0 Å². The molecule has 6 heteroatoms. The van der Waals surface area contributed by atoms with Crippen molar-refractivity contribution in [3.8, 4) is 5.75 Å². The minimum atomic E-state index is -0.103. The predicted octanol–water partition coefficient (Wildman–Crippen LogP) is 3.85. The molecule has 0 saturated heterocycles. The molecule has 0 atom stereocenters. The van der Waals surface area contributed by atoms with Crippen molar-refractivity contribution in [1.29, 1.82) is 0 Å². The average molecular weight is 376 g/mol. The monoisotopic (exact) mass is 376 g/mol. The molecule has 28 heavy (non-hydrogen) atoms. The van der Waals surface area contributed by atoms with Crippen molar-refractivity contribution in [2.45, 2.75) is 13.3 Å². The molecule has 0 aliphatic carbocycles. The summed E-state index contributed by atoms with van der Waals surface area (Å²) < 4.78 is 5.38. The van der Waals surface area contributed by atoms with Crippen molar-refractivity contribution in [1.82, 2.24) is 14.9 Å². The fraction of sp³-hybridized carbons (Fsp3) is 0.227. The van der Waals surface area contributed by atoms with E-state index in [4.69, 9.17) is 4.74 Å². The molecule has 2 aromatic heterocycles. The van der Waals surface area contributed by atoms with Gasteiger partial charge in [0.2, 0.25) is 0 Å². The van der Waals surface area contributed by atoms with Crippen molar-refractivity contribution in [3.05, 3.63) is 77.9 Å². The summed E-state index contributed by atoms with van der Waals surface area (Å²) in [5.74, 6) is 0.648. The van der Waals surface area contributed by atoms with Crippen molar-refractivity contribution < 1.29 is 9.53 Å². The molecule has 3 rings (SSSR count). The maximum absolute atomic E-state index is 12.6. The fourth-order valence-electron chi connectivity index (χ4n) is 2.81. The van der Waals surface area contributed by atoms with E-state index in [0.29, 0.717) is 12.2 Å². The normalized spacial score (nSPS) is 10.4. The highest BCUT2D eigenvalue weighted by Crippen LogP contribution is 2.28. The Morgan fingerprint density at radius 1 is 1.14 bits per heavy atom. The van der Waals surface area contributed by atoms with E-state index in [-0.39, 0.29) is 5.91 Å². The molecule has 1 aromatic carbocycles. The first-order valence-electron chi connectivity index (χ1n) is 9.09. The van der Waals surface area contributed by atoms with Gasteiger partial charge in [0.05, 0.1) is 24.7 Å². The van der Waals surface area contributed by atoms with Gasteiger partial charge in [-0.05, 0) is 60.9 Å². The number of aromatic nitrogens is 2. The Balaban J connectivity index is 1.63. The number of nitrogens with one attached hydrogen (secondary N) is 1. The molecular weight excluding hydrogens is 352 g/mol. The highest BCUT2D eigenvalue weighted by atomic mass is 16.5.